The predicted octanol–water partition coefficient (Wildman–Crippen LogP) is 1.66. The predicted molar refractivity (Wildman–Crippen MR) is 69.0 cm³/mol. The van der Waals surface area contributed by atoms with Crippen molar-refractivity contribution in [1.82, 2.24) is 3.97 Å². The number of carbonyl (C=O) groups is 2. The Bertz CT molecular complexity index is 701. The first kappa shape index (κ1) is 13.2. The third-order valence-electron chi connectivity index (χ3n) is 2.69. The quantitative estimate of drug-likeness (QED) is 0.797. The molecule has 0 aliphatic carbocycles. The van der Waals surface area contributed by atoms with Crippen LogP contribution in [0.1, 0.15) is 26.5 Å². The number of aromatic nitrogens is 1. The highest BCUT2D eigenvalue weighted by Crippen LogP contribution is 2.18. The van der Waals surface area contributed by atoms with Gasteiger partial charge in [0.05, 0.1) is 16.3 Å². The molecule has 0 saturated heterocycles. The summed E-state index contributed by atoms with van der Waals surface area (Å²) in [5.41, 5.74) is 0.753. The van der Waals surface area contributed by atoms with Crippen molar-refractivity contribution in [3.63, 3.8) is 0 Å². The lowest BCUT2D eigenvalue weighted by molar-refractivity contribution is 0.111. The molecule has 0 aliphatic heterocycles. The van der Waals surface area contributed by atoms with Crippen molar-refractivity contribution in [2.24, 2.45) is 0 Å². The lowest BCUT2D eigenvalue weighted by Crippen LogP contribution is -2.18. The smallest absolute Gasteiger partial charge is 0.268 e. The topological polar surface area (TPSA) is 73.2 Å². The van der Waals surface area contributed by atoms with Gasteiger partial charge in [0.15, 0.2) is 12.6 Å². The van der Waals surface area contributed by atoms with E-state index >= 15 is 0 Å². The van der Waals surface area contributed by atoms with Gasteiger partial charge < -0.3 is 0 Å². The van der Waals surface area contributed by atoms with E-state index in [4.69, 9.17) is 0 Å². The van der Waals surface area contributed by atoms with Crippen LogP contribution >= 0.6 is 0 Å². The Hall–Kier alpha value is -2.21. The Kier molecular flexibility index (Phi) is 3.35. The largest absolute Gasteiger partial charge is 0.296 e. The minimum absolute atomic E-state index is 0.0282. The summed E-state index contributed by atoms with van der Waals surface area (Å²) in [6.07, 6.45) is 0.803. The Balaban J connectivity index is 2.69. The fourth-order valence-corrected chi connectivity index (χ4v) is 3.18. The minimum atomic E-state index is -3.94. The molecule has 98 valence electrons. The van der Waals surface area contributed by atoms with E-state index in [9.17, 15) is 18.0 Å². The molecule has 0 bridgehead atoms. The molecule has 0 atom stereocenters. The average molecular weight is 277 g/mol. The van der Waals surface area contributed by atoms with Gasteiger partial charge in [0.2, 0.25) is 0 Å². The summed E-state index contributed by atoms with van der Waals surface area (Å²) in [5.74, 6) is 0. The fraction of sp³-hybridized carbons (Fsp3) is 0.0769. The number of rotatable bonds is 4. The van der Waals surface area contributed by atoms with Gasteiger partial charge in [0.1, 0.15) is 0 Å². The number of hydrogen-bond acceptors (Lipinski definition) is 4. The van der Waals surface area contributed by atoms with E-state index in [0.29, 0.717) is 12.6 Å². The van der Waals surface area contributed by atoms with Crippen LogP contribution in [0.25, 0.3) is 0 Å². The van der Waals surface area contributed by atoms with Crippen molar-refractivity contribution in [2.45, 2.75) is 11.8 Å². The van der Waals surface area contributed by atoms with Crippen molar-refractivity contribution in [3.05, 3.63) is 53.3 Å². The van der Waals surface area contributed by atoms with Crippen molar-refractivity contribution in [3.8, 4) is 0 Å². The Morgan fingerprint density at radius 1 is 0.895 bits per heavy atom. The summed E-state index contributed by atoms with van der Waals surface area (Å²) >= 11 is 0. The van der Waals surface area contributed by atoms with Crippen molar-refractivity contribution >= 4 is 22.6 Å². The normalized spacial score (nSPS) is 11.2. The van der Waals surface area contributed by atoms with Crippen LogP contribution in [-0.4, -0.2) is 25.0 Å². The van der Waals surface area contributed by atoms with Gasteiger partial charge in [0, 0.05) is 0 Å². The van der Waals surface area contributed by atoms with Gasteiger partial charge in [0.25, 0.3) is 10.0 Å². The fourth-order valence-electron chi connectivity index (χ4n) is 1.72. The van der Waals surface area contributed by atoms with Gasteiger partial charge in [-0.1, -0.05) is 17.7 Å². The van der Waals surface area contributed by atoms with Crippen molar-refractivity contribution < 1.29 is 18.0 Å². The highest BCUT2D eigenvalue weighted by Gasteiger charge is 2.22. The zero-order chi connectivity index (χ0) is 14.0. The third kappa shape index (κ3) is 2.22. The molecule has 0 spiro atoms. The lowest BCUT2D eigenvalue weighted by atomic mass is 10.2. The monoisotopic (exact) mass is 277 g/mol. The number of nitrogens with zero attached hydrogens (tertiary/aromatic N) is 1. The summed E-state index contributed by atoms with van der Waals surface area (Å²) in [6.45, 7) is 1.83. The molecule has 5 nitrogen and oxygen atoms in total. The molecule has 19 heavy (non-hydrogen) atoms. The zero-order valence-corrected chi connectivity index (χ0v) is 10.9. The lowest BCUT2D eigenvalue weighted by Gasteiger charge is -2.09. The molecule has 0 unspecified atom stereocenters. The minimum Gasteiger partial charge on any atom is -0.296 e. The second-order valence-corrected chi connectivity index (χ2v) is 5.79. The molecule has 0 saturated carbocycles. The second kappa shape index (κ2) is 4.81. The second-order valence-electron chi connectivity index (χ2n) is 4.00. The van der Waals surface area contributed by atoms with Crippen molar-refractivity contribution in [1.29, 1.82) is 0 Å². The van der Waals surface area contributed by atoms with E-state index < -0.39 is 10.0 Å². The summed E-state index contributed by atoms with van der Waals surface area (Å²) in [4.78, 5) is 21.8. The van der Waals surface area contributed by atoms with Crippen LogP contribution < -0.4 is 0 Å². The van der Waals surface area contributed by atoms with Crippen LogP contribution in [0, 0.1) is 6.92 Å². The first-order valence-corrected chi connectivity index (χ1v) is 6.89. The molecule has 2 aromatic rings. The Morgan fingerprint density at radius 2 is 1.37 bits per heavy atom. The number of carbonyl (C=O) groups excluding carboxylic acids is 2. The van der Waals surface area contributed by atoms with E-state index in [0.717, 1.165) is 9.54 Å². The van der Waals surface area contributed by atoms with Crippen molar-refractivity contribution in [2.75, 3.05) is 0 Å². The summed E-state index contributed by atoms with van der Waals surface area (Å²) in [5, 5.41) is 0. The molecule has 1 aromatic heterocycles. The van der Waals surface area contributed by atoms with Crippen LogP contribution in [-0.2, 0) is 10.0 Å². The average Bonchev–Trinajstić information content (AvgIpc) is 2.82. The van der Waals surface area contributed by atoms with Crippen LogP contribution in [0.4, 0.5) is 0 Å². The van der Waals surface area contributed by atoms with E-state index in [1.165, 1.54) is 24.3 Å². The zero-order valence-electron chi connectivity index (χ0n) is 10.1. The summed E-state index contributed by atoms with van der Waals surface area (Å²) < 4.78 is 25.6. The van der Waals surface area contributed by atoms with Crippen LogP contribution in [0.2, 0.25) is 0 Å². The molecule has 0 fully saturated rings. The van der Waals surface area contributed by atoms with Crippen LogP contribution in [0.5, 0.6) is 0 Å². The van der Waals surface area contributed by atoms with E-state index in [1.54, 1.807) is 12.1 Å². The number of hydrogen-bond donors (Lipinski definition) is 0. The first-order valence-electron chi connectivity index (χ1n) is 5.45. The van der Waals surface area contributed by atoms with E-state index in [1.807, 2.05) is 6.92 Å². The van der Waals surface area contributed by atoms with Gasteiger partial charge >= 0.3 is 0 Å². The highest BCUT2D eigenvalue weighted by molar-refractivity contribution is 7.90. The molecule has 2 rings (SSSR count). The molecule has 6 heteroatoms. The van der Waals surface area contributed by atoms with E-state index in [-0.39, 0.29) is 16.3 Å². The number of aldehydes is 2. The highest BCUT2D eigenvalue weighted by atomic mass is 32.2. The SMILES string of the molecule is Cc1ccc(S(=O)(=O)n2c(C=O)ccc2C=O)cc1. The molecule has 0 amide bonds. The van der Waals surface area contributed by atoms with Crippen LogP contribution in [0.3, 0.4) is 0 Å². The van der Waals surface area contributed by atoms with Gasteiger partial charge in [-0.05, 0) is 31.2 Å². The molecule has 0 aliphatic rings. The first-order chi connectivity index (χ1) is 9.00. The summed E-state index contributed by atoms with van der Waals surface area (Å²) in [7, 11) is -3.94. The van der Waals surface area contributed by atoms with Gasteiger partial charge in [-0.15, -0.1) is 0 Å². The van der Waals surface area contributed by atoms with E-state index in [2.05, 4.69) is 0 Å². The Labute approximate surface area is 110 Å². The van der Waals surface area contributed by atoms with Crippen LogP contribution in [0.15, 0.2) is 41.3 Å². The number of aryl methyl sites for hydroxylation is 1. The Morgan fingerprint density at radius 3 is 1.79 bits per heavy atom. The maximum absolute atomic E-state index is 12.4. The summed E-state index contributed by atoms with van der Waals surface area (Å²) in [6, 6.07) is 8.77. The third-order valence-corrected chi connectivity index (χ3v) is 4.46. The molecule has 0 radical (unpaired) electrons. The standard InChI is InChI=1S/C13H11NO4S/c1-10-2-6-13(7-3-10)19(17,18)14-11(8-15)4-5-12(14)9-16/h2-9H,1H3. The van der Waals surface area contributed by atoms with Gasteiger partial charge in [-0.2, -0.15) is 0 Å². The molecular weight excluding hydrogens is 266 g/mol. The maximum atomic E-state index is 12.4. The molecule has 1 heterocycles. The molecule has 1 aromatic carbocycles. The number of benzene rings is 1. The molecule has 0 N–H and O–H groups in total. The van der Waals surface area contributed by atoms with Gasteiger partial charge in [-0.3, -0.25) is 9.59 Å². The molecular formula is C13H11NO4S. The van der Waals surface area contributed by atoms with Gasteiger partial charge in [-0.25, -0.2) is 12.4 Å². The maximum Gasteiger partial charge on any atom is 0.268 e.